The van der Waals surface area contributed by atoms with Crippen LogP contribution in [0.5, 0.6) is 0 Å². The van der Waals surface area contributed by atoms with Crippen LogP contribution in [-0.2, 0) is 33.2 Å². The Morgan fingerprint density at radius 2 is 1.02 bits per heavy atom. The number of rotatable bonds is 30. The molecule has 0 saturated carbocycles. The third kappa shape index (κ3) is 18.1. The SMILES string of the molecule is CCCCCCCCCCCCCCCCOCC(COC1OC(COC2OC(CO)C(O)C(O)C2O)C(O)C(O)C1O)OC(=O)CCCCCC. The Morgan fingerprint density at radius 3 is 1.56 bits per heavy atom. The molecule has 0 spiro atoms. The summed E-state index contributed by atoms with van der Waals surface area (Å²) in [5.41, 5.74) is 0. The van der Waals surface area contributed by atoms with Gasteiger partial charge >= 0.3 is 5.97 Å². The van der Waals surface area contributed by atoms with Crippen LogP contribution in [-0.4, -0.2) is 142 Å². The summed E-state index contributed by atoms with van der Waals surface area (Å²) in [6.07, 6.45) is 5.38. The first-order valence-electron chi connectivity index (χ1n) is 20.1. The maximum absolute atomic E-state index is 12.6. The van der Waals surface area contributed by atoms with Gasteiger partial charge in [-0.1, -0.05) is 117 Å². The number of carbonyl (C=O) groups excluding carboxylic acids is 1. The van der Waals surface area contributed by atoms with E-state index in [1.807, 2.05) is 0 Å². The molecule has 2 saturated heterocycles. The first-order chi connectivity index (χ1) is 25.1. The van der Waals surface area contributed by atoms with Crippen molar-refractivity contribution in [2.24, 2.45) is 0 Å². The summed E-state index contributed by atoms with van der Waals surface area (Å²) in [7, 11) is 0. The summed E-state index contributed by atoms with van der Waals surface area (Å²) in [6.45, 7) is 3.55. The van der Waals surface area contributed by atoms with Crippen LogP contribution in [0.25, 0.3) is 0 Å². The minimum absolute atomic E-state index is 0.0663. The zero-order chi connectivity index (χ0) is 38.1. The molecule has 52 heavy (non-hydrogen) atoms. The quantitative estimate of drug-likeness (QED) is 0.0415. The van der Waals surface area contributed by atoms with Crippen molar-refractivity contribution in [2.45, 2.75) is 203 Å². The van der Waals surface area contributed by atoms with Gasteiger partial charge in [0.1, 0.15) is 54.9 Å². The lowest BCUT2D eigenvalue weighted by molar-refractivity contribution is -0.332. The zero-order valence-corrected chi connectivity index (χ0v) is 31.8. The molecule has 0 radical (unpaired) electrons. The summed E-state index contributed by atoms with van der Waals surface area (Å²) in [6, 6.07) is 0. The highest BCUT2D eigenvalue weighted by Gasteiger charge is 2.47. The van der Waals surface area contributed by atoms with E-state index in [1.165, 1.54) is 70.6 Å². The number of carbonyl (C=O) groups is 1. The number of aliphatic hydroxyl groups is 7. The van der Waals surface area contributed by atoms with Crippen molar-refractivity contribution in [1.82, 2.24) is 0 Å². The monoisotopic (exact) mass is 752 g/mol. The van der Waals surface area contributed by atoms with E-state index in [0.717, 1.165) is 38.5 Å². The smallest absolute Gasteiger partial charge is 0.306 e. The average molecular weight is 753 g/mol. The topological polar surface area (TPSA) is 214 Å². The molecule has 11 unspecified atom stereocenters. The fourth-order valence-electron chi connectivity index (χ4n) is 6.46. The third-order valence-electron chi connectivity index (χ3n) is 9.87. The normalized spacial score (nSPS) is 30.0. The van der Waals surface area contributed by atoms with Crippen molar-refractivity contribution in [1.29, 1.82) is 0 Å². The van der Waals surface area contributed by atoms with Gasteiger partial charge < -0.3 is 64.2 Å². The predicted octanol–water partition coefficient (Wildman–Crippen LogP) is 3.01. The summed E-state index contributed by atoms with van der Waals surface area (Å²) >= 11 is 0. The van der Waals surface area contributed by atoms with Crippen LogP contribution in [0, 0.1) is 0 Å². The lowest BCUT2D eigenvalue weighted by Crippen LogP contribution is -2.61. The maximum Gasteiger partial charge on any atom is 0.306 e. The van der Waals surface area contributed by atoms with Crippen LogP contribution in [0.15, 0.2) is 0 Å². The van der Waals surface area contributed by atoms with Gasteiger partial charge in [0.05, 0.1) is 26.4 Å². The average Bonchev–Trinajstić information content (AvgIpc) is 3.14. The van der Waals surface area contributed by atoms with Gasteiger partial charge in [-0.2, -0.15) is 0 Å². The van der Waals surface area contributed by atoms with Crippen LogP contribution in [0.2, 0.25) is 0 Å². The molecule has 2 rings (SSSR count). The second-order valence-corrected chi connectivity index (χ2v) is 14.5. The van der Waals surface area contributed by atoms with E-state index >= 15 is 0 Å². The predicted molar refractivity (Wildman–Crippen MR) is 192 cm³/mol. The second kappa shape index (κ2) is 28.4. The van der Waals surface area contributed by atoms with Gasteiger partial charge in [0, 0.05) is 13.0 Å². The standard InChI is InChI=1S/C38H72O14/c1-3-5-7-9-10-11-12-13-14-15-16-17-18-20-22-47-24-27(50-30(40)21-19-8-6-4-2)25-48-37-36(46)34(44)32(42)29(52-37)26-49-38-35(45)33(43)31(41)28(23-39)51-38/h27-29,31-39,41-46H,3-26H2,1-2H3. The van der Waals surface area contributed by atoms with Crippen molar-refractivity contribution < 1.29 is 69.0 Å². The zero-order valence-electron chi connectivity index (χ0n) is 31.8. The molecule has 2 aliphatic rings. The Balaban J connectivity index is 1.78. The Labute approximate surface area is 311 Å². The van der Waals surface area contributed by atoms with Gasteiger partial charge in [0.25, 0.3) is 0 Å². The van der Waals surface area contributed by atoms with Crippen molar-refractivity contribution >= 4 is 5.97 Å². The Kier molecular flexibility index (Phi) is 25.8. The Hall–Kier alpha value is -1.01. The summed E-state index contributed by atoms with van der Waals surface area (Å²) in [4.78, 5) is 12.6. The lowest BCUT2D eigenvalue weighted by Gasteiger charge is -2.42. The fraction of sp³-hybridized carbons (Fsp3) is 0.974. The molecular weight excluding hydrogens is 680 g/mol. The molecule has 0 bridgehead atoms. The van der Waals surface area contributed by atoms with E-state index in [0.29, 0.717) is 13.0 Å². The number of unbranched alkanes of at least 4 members (excludes halogenated alkanes) is 16. The number of ether oxygens (including phenoxy) is 6. The minimum atomic E-state index is -1.70. The van der Waals surface area contributed by atoms with Crippen LogP contribution < -0.4 is 0 Å². The maximum atomic E-state index is 12.6. The molecule has 0 aromatic heterocycles. The van der Waals surface area contributed by atoms with Crippen LogP contribution in [0.3, 0.4) is 0 Å². The lowest BCUT2D eigenvalue weighted by atomic mass is 9.98. The highest BCUT2D eigenvalue weighted by Crippen LogP contribution is 2.26. The molecule has 14 nitrogen and oxygen atoms in total. The Bertz CT molecular complexity index is 881. The number of hydrogen-bond donors (Lipinski definition) is 7. The first kappa shape index (κ1) is 47.1. The van der Waals surface area contributed by atoms with Crippen LogP contribution in [0.4, 0.5) is 0 Å². The van der Waals surface area contributed by atoms with Gasteiger partial charge in [-0.15, -0.1) is 0 Å². The number of hydrogen-bond acceptors (Lipinski definition) is 14. The minimum Gasteiger partial charge on any atom is -0.457 e. The molecular formula is C38H72O14. The molecule has 7 N–H and O–H groups in total. The van der Waals surface area contributed by atoms with E-state index in [2.05, 4.69) is 13.8 Å². The van der Waals surface area contributed by atoms with E-state index in [4.69, 9.17) is 28.4 Å². The molecule has 14 heteroatoms. The third-order valence-corrected chi connectivity index (χ3v) is 9.87. The van der Waals surface area contributed by atoms with Crippen LogP contribution >= 0.6 is 0 Å². The van der Waals surface area contributed by atoms with Gasteiger partial charge in [0.15, 0.2) is 12.6 Å². The van der Waals surface area contributed by atoms with E-state index < -0.39 is 86.7 Å². The molecule has 0 aliphatic carbocycles. The van der Waals surface area contributed by atoms with Gasteiger partial charge in [-0.05, 0) is 12.8 Å². The van der Waals surface area contributed by atoms with Crippen molar-refractivity contribution in [3.05, 3.63) is 0 Å². The summed E-state index contributed by atoms with van der Waals surface area (Å²) < 4.78 is 33.8. The first-order valence-corrected chi connectivity index (χ1v) is 20.1. The van der Waals surface area contributed by atoms with E-state index in [-0.39, 0.29) is 19.6 Å². The molecule has 2 fully saturated rings. The number of esters is 1. The van der Waals surface area contributed by atoms with E-state index in [1.54, 1.807) is 0 Å². The highest BCUT2D eigenvalue weighted by molar-refractivity contribution is 5.69. The van der Waals surface area contributed by atoms with Crippen molar-refractivity contribution in [3.8, 4) is 0 Å². The van der Waals surface area contributed by atoms with Crippen molar-refractivity contribution in [2.75, 3.05) is 33.0 Å². The molecule has 0 aromatic carbocycles. The molecule has 308 valence electrons. The van der Waals surface area contributed by atoms with Crippen LogP contribution in [0.1, 0.15) is 136 Å². The van der Waals surface area contributed by atoms with Crippen molar-refractivity contribution in [3.63, 3.8) is 0 Å². The highest BCUT2D eigenvalue weighted by atomic mass is 16.7. The van der Waals surface area contributed by atoms with Gasteiger partial charge in [0.2, 0.25) is 0 Å². The molecule has 2 aliphatic heterocycles. The second-order valence-electron chi connectivity index (χ2n) is 14.5. The number of aliphatic hydroxyl groups excluding tert-OH is 7. The Morgan fingerprint density at radius 1 is 0.558 bits per heavy atom. The molecule has 0 aromatic rings. The molecule has 11 atom stereocenters. The molecule has 0 amide bonds. The van der Waals surface area contributed by atoms with Gasteiger partial charge in [-0.25, -0.2) is 0 Å². The largest absolute Gasteiger partial charge is 0.457 e. The molecule has 2 heterocycles. The summed E-state index contributed by atoms with van der Waals surface area (Å²) in [5, 5.41) is 71.4. The van der Waals surface area contributed by atoms with Gasteiger partial charge in [-0.3, -0.25) is 4.79 Å². The summed E-state index contributed by atoms with van der Waals surface area (Å²) in [5.74, 6) is -0.392. The van der Waals surface area contributed by atoms with E-state index in [9.17, 15) is 40.5 Å². The fourth-order valence-corrected chi connectivity index (χ4v) is 6.46.